The molecule has 0 amide bonds. The summed E-state index contributed by atoms with van der Waals surface area (Å²) in [6, 6.07) is 49.6. The van der Waals surface area contributed by atoms with Gasteiger partial charge >= 0.3 is 12.4 Å². The third kappa shape index (κ3) is 6.22. The van der Waals surface area contributed by atoms with Crippen molar-refractivity contribution in [3.05, 3.63) is 192 Å². The van der Waals surface area contributed by atoms with Crippen LogP contribution in [0.5, 0.6) is 0 Å². The highest BCUT2D eigenvalue weighted by atomic mass is 19.4. The second-order valence-electron chi connectivity index (χ2n) is 15.4. The van der Waals surface area contributed by atoms with Crippen LogP contribution in [0.4, 0.5) is 26.3 Å². The molecule has 10 aromatic rings. The third-order valence-electron chi connectivity index (χ3n) is 11.4. The van der Waals surface area contributed by atoms with Crippen molar-refractivity contribution in [1.82, 2.24) is 9.13 Å². The van der Waals surface area contributed by atoms with Crippen LogP contribution in [-0.4, -0.2) is 9.13 Å². The second kappa shape index (κ2) is 13.8. The predicted octanol–water partition coefficient (Wildman–Crippen LogP) is 15.5. The summed E-state index contributed by atoms with van der Waals surface area (Å²) in [6.45, 7) is 4.00. The van der Waals surface area contributed by atoms with E-state index in [4.69, 9.17) is 0 Å². The van der Waals surface area contributed by atoms with E-state index in [-0.39, 0.29) is 22.5 Å². The Balaban J connectivity index is 1.33. The monoisotopic (exact) mass is 800 g/mol. The number of hydrogen-bond donors (Lipinski definition) is 0. The first kappa shape index (κ1) is 37.2. The fraction of sp³-hybridized carbons (Fsp3) is 0.0769. The van der Waals surface area contributed by atoms with Crippen molar-refractivity contribution >= 4 is 43.6 Å². The van der Waals surface area contributed by atoms with Gasteiger partial charge in [-0.2, -0.15) is 26.3 Å². The lowest BCUT2D eigenvalue weighted by Gasteiger charge is -2.23. The van der Waals surface area contributed by atoms with Gasteiger partial charge in [0.2, 0.25) is 0 Å². The van der Waals surface area contributed by atoms with Gasteiger partial charge in [0.1, 0.15) is 5.56 Å². The molecule has 0 spiro atoms. The van der Waals surface area contributed by atoms with E-state index in [2.05, 4.69) is 12.1 Å². The van der Waals surface area contributed by atoms with Crippen LogP contribution in [0.2, 0.25) is 0 Å². The summed E-state index contributed by atoms with van der Waals surface area (Å²) >= 11 is 0. The number of benzene rings is 8. The Morgan fingerprint density at radius 1 is 0.333 bits per heavy atom. The molecule has 60 heavy (non-hydrogen) atoms. The minimum Gasteiger partial charge on any atom is -0.309 e. The quantitative estimate of drug-likeness (QED) is 0.153. The lowest BCUT2D eigenvalue weighted by molar-refractivity contribution is -0.138. The highest BCUT2D eigenvalue weighted by Crippen LogP contribution is 2.47. The summed E-state index contributed by atoms with van der Waals surface area (Å²) in [5, 5.41) is 2.96. The Morgan fingerprint density at radius 2 is 0.750 bits per heavy atom. The standard InChI is InChI=1S/C52H34F6N2/c1-31-10-7-12-33(24-31)36-20-22-46-42(27-36)40-16-3-5-18-44(40)59(46)48-29-38(35-14-9-15-39(26-35)51(53,54)55)30-49(50(48)52(56,57)58)60-45-19-6-4-17-41(45)43-28-37(21-23-47(43)60)34-13-8-11-32(2)25-34/h3-30H,1-2H3. The Kier molecular flexibility index (Phi) is 8.54. The molecule has 0 saturated carbocycles. The topological polar surface area (TPSA) is 9.86 Å². The van der Waals surface area contributed by atoms with Gasteiger partial charge in [0.25, 0.3) is 0 Å². The summed E-state index contributed by atoms with van der Waals surface area (Å²) in [5.41, 5.74) is 6.07. The van der Waals surface area contributed by atoms with Gasteiger partial charge in [-0.05, 0) is 108 Å². The number of aromatic nitrogens is 2. The Bertz CT molecular complexity index is 3140. The second-order valence-corrected chi connectivity index (χ2v) is 15.4. The molecule has 0 bridgehead atoms. The van der Waals surface area contributed by atoms with E-state index in [1.54, 1.807) is 33.4 Å². The molecule has 0 radical (unpaired) electrons. The molecule has 0 aliphatic heterocycles. The van der Waals surface area contributed by atoms with Crippen molar-refractivity contribution in [3.63, 3.8) is 0 Å². The molecule has 8 heteroatoms. The summed E-state index contributed by atoms with van der Waals surface area (Å²) in [6.07, 6.45) is -9.59. The lowest BCUT2D eigenvalue weighted by Crippen LogP contribution is -2.16. The van der Waals surface area contributed by atoms with Crippen LogP contribution in [-0.2, 0) is 12.4 Å². The molecule has 0 saturated heterocycles. The van der Waals surface area contributed by atoms with E-state index in [1.807, 2.05) is 111 Å². The van der Waals surface area contributed by atoms with Crippen LogP contribution < -0.4 is 0 Å². The Labute approximate surface area is 341 Å². The zero-order valence-corrected chi connectivity index (χ0v) is 32.3. The van der Waals surface area contributed by atoms with Crippen molar-refractivity contribution in [1.29, 1.82) is 0 Å². The molecule has 0 atom stereocenters. The van der Waals surface area contributed by atoms with Gasteiger partial charge in [-0.3, -0.25) is 0 Å². The first-order valence-electron chi connectivity index (χ1n) is 19.5. The van der Waals surface area contributed by atoms with Crippen molar-refractivity contribution in [2.24, 2.45) is 0 Å². The smallest absolute Gasteiger partial charge is 0.309 e. The SMILES string of the molecule is Cc1cccc(-c2ccc3c(c2)c2ccccc2n3-c2cc(-c3cccc(C(F)(F)F)c3)cc(-n3c4ccccc4c4cc(-c5cccc(C)c5)ccc43)c2C(F)(F)F)c1. The molecule has 294 valence electrons. The largest absolute Gasteiger partial charge is 0.420 e. The normalized spacial score (nSPS) is 12.3. The maximum atomic E-state index is 16.3. The average molecular weight is 801 g/mol. The molecule has 8 aromatic carbocycles. The van der Waals surface area contributed by atoms with Gasteiger partial charge < -0.3 is 9.13 Å². The first-order valence-corrected chi connectivity index (χ1v) is 19.5. The van der Waals surface area contributed by atoms with E-state index in [1.165, 1.54) is 24.3 Å². The summed E-state index contributed by atoms with van der Waals surface area (Å²) in [5.74, 6) is 0. The van der Waals surface area contributed by atoms with Crippen molar-refractivity contribution in [2.75, 3.05) is 0 Å². The van der Waals surface area contributed by atoms with Crippen LogP contribution >= 0.6 is 0 Å². The van der Waals surface area contributed by atoms with E-state index in [9.17, 15) is 13.2 Å². The molecule has 0 aliphatic carbocycles. The number of rotatable bonds is 5. The molecule has 10 rings (SSSR count). The molecule has 2 heterocycles. The van der Waals surface area contributed by atoms with Gasteiger partial charge in [-0.25, -0.2) is 0 Å². The van der Waals surface area contributed by atoms with Gasteiger partial charge in [0, 0.05) is 21.5 Å². The van der Waals surface area contributed by atoms with Crippen molar-refractivity contribution < 1.29 is 26.3 Å². The summed E-state index contributed by atoms with van der Waals surface area (Å²) in [7, 11) is 0. The number of halogens is 6. The number of fused-ring (bicyclic) bond motifs is 6. The van der Waals surface area contributed by atoms with E-state index >= 15 is 13.2 Å². The van der Waals surface area contributed by atoms with E-state index in [0.29, 0.717) is 22.1 Å². The molecule has 0 N–H and O–H groups in total. The lowest BCUT2D eigenvalue weighted by atomic mass is 9.97. The van der Waals surface area contributed by atoms with Crippen LogP contribution in [0.15, 0.2) is 170 Å². The molecule has 0 unspecified atom stereocenters. The van der Waals surface area contributed by atoms with Gasteiger partial charge in [0.05, 0.1) is 39.0 Å². The first-order chi connectivity index (χ1) is 28.8. The summed E-state index contributed by atoms with van der Waals surface area (Å²) in [4.78, 5) is 0. The predicted molar refractivity (Wildman–Crippen MR) is 231 cm³/mol. The number of para-hydroxylation sites is 2. The number of nitrogens with zero attached hydrogens (tertiary/aromatic N) is 2. The number of aryl methyl sites for hydroxylation is 2. The molecule has 2 aromatic heterocycles. The highest BCUT2D eigenvalue weighted by Gasteiger charge is 2.40. The third-order valence-corrected chi connectivity index (χ3v) is 11.4. The zero-order chi connectivity index (χ0) is 41.5. The van der Waals surface area contributed by atoms with Crippen molar-refractivity contribution in [2.45, 2.75) is 26.2 Å². The number of alkyl halides is 6. The van der Waals surface area contributed by atoms with Gasteiger partial charge in [-0.15, -0.1) is 0 Å². The zero-order valence-electron chi connectivity index (χ0n) is 32.3. The molecular weight excluding hydrogens is 767 g/mol. The van der Waals surface area contributed by atoms with E-state index in [0.717, 1.165) is 67.1 Å². The van der Waals surface area contributed by atoms with Gasteiger partial charge in [-0.1, -0.05) is 120 Å². The fourth-order valence-electron chi connectivity index (χ4n) is 8.77. The fourth-order valence-corrected chi connectivity index (χ4v) is 8.77. The Hall–Kier alpha value is -7.06. The van der Waals surface area contributed by atoms with E-state index < -0.39 is 23.5 Å². The molecule has 2 nitrogen and oxygen atoms in total. The molecular formula is C52H34F6N2. The maximum absolute atomic E-state index is 16.3. The Morgan fingerprint density at radius 3 is 1.20 bits per heavy atom. The van der Waals surface area contributed by atoms with Crippen LogP contribution in [0.3, 0.4) is 0 Å². The average Bonchev–Trinajstić information content (AvgIpc) is 3.75. The molecule has 0 aliphatic rings. The minimum absolute atomic E-state index is 0.131. The van der Waals surface area contributed by atoms with Crippen LogP contribution in [0.25, 0.3) is 88.4 Å². The number of hydrogen-bond acceptors (Lipinski definition) is 0. The van der Waals surface area contributed by atoms with Crippen molar-refractivity contribution in [3.8, 4) is 44.8 Å². The van der Waals surface area contributed by atoms with Crippen LogP contribution in [0, 0.1) is 13.8 Å². The van der Waals surface area contributed by atoms with Gasteiger partial charge in [0.15, 0.2) is 0 Å². The maximum Gasteiger partial charge on any atom is 0.420 e. The highest BCUT2D eigenvalue weighted by molar-refractivity contribution is 6.12. The molecule has 0 fully saturated rings. The summed E-state index contributed by atoms with van der Waals surface area (Å²) < 4.78 is 94.8. The van der Waals surface area contributed by atoms with Crippen LogP contribution in [0.1, 0.15) is 22.3 Å². The minimum atomic E-state index is -4.92.